The van der Waals surface area contributed by atoms with Gasteiger partial charge in [-0.25, -0.2) is 4.79 Å². The Bertz CT molecular complexity index is 1480. The highest BCUT2D eigenvalue weighted by molar-refractivity contribution is 6.18. The number of aromatic hydroxyl groups is 2. The average molecular weight is 428 g/mol. The summed E-state index contributed by atoms with van der Waals surface area (Å²) in [5, 5.41) is 21.7. The number of benzene rings is 3. The van der Waals surface area contributed by atoms with E-state index in [-0.39, 0.29) is 34.1 Å². The lowest BCUT2D eigenvalue weighted by Gasteiger charge is -2.14. The normalized spacial score (nSPS) is 13.9. The zero-order chi connectivity index (χ0) is 22.4. The summed E-state index contributed by atoms with van der Waals surface area (Å²) < 4.78 is 16.5. The minimum absolute atomic E-state index is 0.0131. The Kier molecular flexibility index (Phi) is 4.44. The smallest absolute Gasteiger partial charge is 0.336 e. The Labute approximate surface area is 181 Å². The minimum atomic E-state index is -0.509. The number of allylic oxidation sites excluding steroid dienone is 1. The molecule has 4 aromatic rings. The van der Waals surface area contributed by atoms with E-state index in [0.717, 1.165) is 11.6 Å². The second-order valence-electron chi connectivity index (χ2n) is 7.19. The van der Waals surface area contributed by atoms with E-state index in [4.69, 9.17) is 13.9 Å². The van der Waals surface area contributed by atoms with Crippen molar-refractivity contribution in [2.45, 2.75) is 0 Å². The van der Waals surface area contributed by atoms with Gasteiger partial charge in [0, 0.05) is 29.1 Å². The zero-order valence-electron chi connectivity index (χ0n) is 16.8. The van der Waals surface area contributed by atoms with Gasteiger partial charge >= 0.3 is 5.63 Å². The van der Waals surface area contributed by atoms with Gasteiger partial charge in [-0.15, -0.1) is 0 Å². The van der Waals surface area contributed by atoms with Gasteiger partial charge in [0.05, 0.1) is 12.7 Å². The molecule has 32 heavy (non-hydrogen) atoms. The monoisotopic (exact) mass is 428 g/mol. The van der Waals surface area contributed by atoms with Gasteiger partial charge in [0.25, 0.3) is 0 Å². The van der Waals surface area contributed by atoms with Crippen molar-refractivity contribution in [3.8, 4) is 34.1 Å². The highest BCUT2D eigenvalue weighted by atomic mass is 16.5. The fourth-order valence-corrected chi connectivity index (χ4v) is 3.75. The number of phenols is 2. The van der Waals surface area contributed by atoms with E-state index < -0.39 is 17.2 Å². The number of fused-ring (bicyclic) bond motifs is 2. The van der Waals surface area contributed by atoms with Crippen molar-refractivity contribution in [1.29, 1.82) is 0 Å². The third-order valence-corrected chi connectivity index (χ3v) is 5.21. The predicted octanol–water partition coefficient (Wildman–Crippen LogP) is 4.50. The maximum absolute atomic E-state index is 13.0. The Morgan fingerprint density at radius 1 is 0.906 bits per heavy atom. The predicted molar refractivity (Wildman–Crippen MR) is 117 cm³/mol. The van der Waals surface area contributed by atoms with E-state index in [1.807, 2.05) is 30.3 Å². The zero-order valence-corrected chi connectivity index (χ0v) is 16.8. The molecule has 0 radical (unpaired) electrons. The van der Waals surface area contributed by atoms with Gasteiger partial charge < -0.3 is 24.1 Å². The maximum Gasteiger partial charge on any atom is 0.336 e. The van der Waals surface area contributed by atoms with Crippen LogP contribution in [0.4, 0.5) is 0 Å². The van der Waals surface area contributed by atoms with Crippen molar-refractivity contribution in [3.63, 3.8) is 0 Å². The summed E-state index contributed by atoms with van der Waals surface area (Å²) in [6.07, 6.45) is 1.56. The van der Waals surface area contributed by atoms with Crippen LogP contribution in [0.2, 0.25) is 0 Å². The van der Waals surface area contributed by atoms with Crippen molar-refractivity contribution in [2.75, 3.05) is 7.11 Å². The number of carbonyl (C=O) groups is 1. The molecule has 1 aromatic heterocycles. The molecular formula is C25H16O7. The second-order valence-corrected chi connectivity index (χ2v) is 7.19. The Morgan fingerprint density at radius 2 is 1.66 bits per heavy atom. The molecule has 2 heterocycles. The lowest BCUT2D eigenvalue weighted by Crippen LogP contribution is -1.98. The van der Waals surface area contributed by atoms with Crippen molar-refractivity contribution in [3.05, 3.63) is 88.0 Å². The molecule has 0 amide bonds. The quantitative estimate of drug-likeness (QED) is 0.366. The Hall–Kier alpha value is -4.52. The number of ether oxygens (including phenoxy) is 2. The van der Waals surface area contributed by atoms with Crippen molar-refractivity contribution in [2.24, 2.45) is 0 Å². The number of carbonyl (C=O) groups excluding carboxylic acids is 1. The maximum atomic E-state index is 13.0. The SMILES string of the molecule is COc1cc2oc(=O)ccc2cc1-c1c(O)cc(O)c2c1O/C(=C\c1ccccc1)C2=O. The molecule has 0 saturated heterocycles. The van der Waals surface area contributed by atoms with Crippen LogP contribution in [0.1, 0.15) is 15.9 Å². The summed E-state index contributed by atoms with van der Waals surface area (Å²) >= 11 is 0. The fourth-order valence-electron chi connectivity index (χ4n) is 3.75. The van der Waals surface area contributed by atoms with Crippen molar-refractivity contribution >= 4 is 22.8 Å². The van der Waals surface area contributed by atoms with E-state index in [9.17, 15) is 19.8 Å². The summed E-state index contributed by atoms with van der Waals surface area (Å²) in [7, 11) is 1.43. The molecule has 7 heteroatoms. The topological polar surface area (TPSA) is 106 Å². The molecule has 0 fully saturated rings. The molecule has 1 aliphatic rings. The van der Waals surface area contributed by atoms with Crippen LogP contribution in [0.25, 0.3) is 28.2 Å². The molecule has 3 aromatic carbocycles. The minimum Gasteiger partial charge on any atom is -0.507 e. The van der Waals surface area contributed by atoms with Gasteiger partial charge in [0.15, 0.2) is 11.5 Å². The largest absolute Gasteiger partial charge is 0.507 e. The van der Waals surface area contributed by atoms with E-state index in [1.165, 1.54) is 19.2 Å². The molecule has 5 rings (SSSR count). The summed E-state index contributed by atoms with van der Waals surface area (Å²) in [6.45, 7) is 0. The molecule has 0 spiro atoms. The van der Waals surface area contributed by atoms with Crippen molar-refractivity contribution < 1.29 is 28.9 Å². The Balaban J connectivity index is 1.74. The first-order valence-electron chi connectivity index (χ1n) is 9.67. The van der Waals surface area contributed by atoms with Crippen LogP contribution in [0.5, 0.6) is 23.0 Å². The van der Waals surface area contributed by atoms with Crippen LogP contribution in [0.15, 0.2) is 75.6 Å². The van der Waals surface area contributed by atoms with Crippen LogP contribution in [0.3, 0.4) is 0 Å². The van der Waals surface area contributed by atoms with Gasteiger partial charge in [-0.3, -0.25) is 4.79 Å². The van der Waals surface area contributed by atoms with Gasteiger partial charge in [0.1, 0.15) is 28.4 Å². The molecule has 0 aliphatic carbocycles. The number of ketones is 1. The number of phenolic OH excluding ortho intramolecular Hbond substituents is 2. The standard InChI is InChI=1S/C25H16O7/c1-30-19-12-18-14(7-8-21(28)31-18)10-15(19)22-16(26)11-17(27)23-24(29)20(32-25(22)23)9-13-5-3-2-4-6-13/h2-12,26-27H,1H3/b20-9-. The first-order chi connectivity index (χ1) is 15.5. The molecule has 2 N–H and O–H groups in total. The summed E-state index contributed by atoms with van der Waals surface area (Å²) in [5.41, 5.74) is 1.05. The van der Waals surface area contributed by atoms with E-state index in [1.54, 1.807) is 18.2 Å². The van der Waals surface area contributed by atoms with Gasteiger partial charge in [-0.05, 0) is 23.8 Å². The van der Waals surface area contributed by atoms with Gasteiger partial charge in [-0.2, -0.15) is 0 Å². The number of methoxy groups -OCH3 is 1. The van der Waals surface area contributed by atoms with Crippen LogP contribution < -0.4 is 15.1 Å². The molecule has 0 unspecified atom stereocenters. The summed E-state index contributed by atoms with van der Waals surface area (Å²) in [6, 6.07) is 16.2. The first-order valence-corrected chi connectivity index (χ1v) is 9.67. The van der Waals surface area contributed by atoms with Gasteiger partial charge in [-0.1, -0.05) is 30.3 Å². The Morgan fingerprint density at radius 3 is 2.41 bits per heavy atom. The van der Waals surface area contributed by atoms with Gasteiger partial charge in [0.2, 0.25) is 5.78 Å². The van der Waals surface area contributed by atoms with E-state index in [2.05, 4.69) is 0 Å². The highest BCUT2D eigenvalue weighted by Crippen LogP contribution is 2.52. The second kappa shape index (κ2) is 7.31. The van der Waals surface area contributed by atoms with E-state index >= 15 is 0 Å². The average Bonchev–Trinajstić information content (AvgIpc) is 3.10. The van der Waals surface area contributed by atoms with E-state index in [0.29, 0.717) is 16.5 Å². The first kappa shape index (κ1) is 19.4. The molecule has 158 valence electrons. The lowest BCUT2D eigenvalue weighted by molar-refractivity contribution is 0.101. The lowest BCUT2D eigenvalue weighted by atomic mass is 9.96. The number of hydrogen-bond acceptors (Lipinski definition) is 7. The fraction of sp³-hybridized carbons (Fsp3) is 0.0400. The molecule has 0 atom stereocenters. The molecule has 1 aliphatic heterocycles. The number of hydrogen-bond donors (Lipinski definition) is 2. The van der Waals surface area contributed by atoms with Crippen LogP contribution in [-0.4, -0.2) is 23.1 Å². The van der Waals surface area contributed by atoms with Crippen LogP contribution in [-0.2, 0) is 0 Å². The van der Waals surface area contributed by atoms with Crippen LogP contribution in [0, 0.1) is 0 Å². The summed E-state index contributed by atoms with van der Waals surface area (Å²) in [4.78, 5) is 24.6. The van der Waals surface area contributed by atoms with Crippen LogP contribution >= 0.6 is 0 Å². The van der Waals surface area contributed by atoms with Crippen molar-refractivity contribution in [1.82, 2.24) is 0 Å². The molecular weight excluding hydrogens is 412 g/mol. The number of rotatable bonds is 3. The molecule has 7 nitrogen and oxygen atoms in total. The number of Topliss-reactive ketones (excluding diaryl/α,β-unsaturated/α-hetero) is 1. The molecule has 0 bridgehead atoms. The highest BCUT2D eigenvalue weighted by Gasteiger charge is 2.36. The third-order valence-electron chi connectivity index (χ3n) is 5.21. The molecule has 0 saturated carbocycles. The third kappa shape index (κ3) is 3.07. The summed E-state index contributed by atoms with van der Waals surface area (Å²) in [5.74, 6) is -0.887.